The highest BCUT2D eigenvalue weighted by molar-refractivity contribution is 9.10. The van der Waals surface area contributed by atoms with Gasteiger partial charge in [-0.3, -0.25) is 4.98 Å². The summed E-state index contributed by atoms with van der Waals surface area (Å²) in [5.74, 6) is -0.220. The molecule has 2 rings (SSSR count). The Hall–Kier alpha value is -1.26. The summed E-state index contributed by atoms with van der Waals surface area (Å²) in [5, 5.41) is 3.34. The van der Waals surface area contributed by atoms with E-state index in [1.54, 1.807) is 18.5 Å². The topological polar surface area (TPSA) is 24.9 Å². The van der Waals surface area contributed by atoms with Crippen LogP contribution in [-0.2, 0) is 13.0 Å². The summed E-state index contributed by atoms with van der Waals surface area (Å²) in [5.41, 5.74) is 2.32. The molecule has 18 heavy (non-hydrogen) atoms. The van der Waals surface area contributed by atoms with Crippen LogP contribution in [0.2, 0.25) is 0 Å². The van der Waals surface area contributed by atoms with Crippen LogP contribution in [0.3, 0.4) is 0 Å². The molecule has 2 nitrogen and oxygen atoms in total. The smallest absolute Gasteiger partial charge is 0.124 e. The van der Waals surface area contributed by atoms with Gasteiger partial charge < -0.3 is 5.32 Å². The normalized spacial score (nSPS) is 10.6. The fraction of sp³-hybridized carbons (Fsp3) is 0.214. The van der Waals surface area contributed by atoms with E-state index < -0.39 is 0 Å². The van der Waals surface area contributed by atoms with Gasteiger partial charge in [-0.05, 0) is 48.4 Å². The van der Waals surface area contributed by atoms with Gasteiger partial charge in [-0.15, -0.1) is 0 Å². The van der Waals surface area contributed by atoms with Crippen LogP contribution in [0.5, 0.6) is 0 Å². The van der Waals surface area contributed by atoms with Crippen molar-refractivity contribution in [3.05, 3.63) is 64.1 Å². The van der Waals surface area contributed by atoms with Crippen molar-refractivity contribution >= 4 is 15.9 Å². The van der Waals surface area contributed by atoms with Crippen molar-refractivity contribution in [1.82, 2.24) is 10.3 Å². The van der Waals surface area contributed by atoms with Gasteiger partial charge in [0.15, 0.2) is 0 Å². The Balaban J connectivity index is 1.79. The Bertz CT molecular complexity index is 502. The molecule has 0 aliphatic carbocycles. The molecule has 1 aromatic carbocycles. The van der Waals surface area contributed by atoms with Gasteiger partial charge in [-0.25, -0.2) is 4.39 Å². The predicted octanol–water partition coefficient (Wildman–Crippen LogP) is 3.32. The second kappa shape index (κ2) is 6.61. The molecule has 1 aromatic heterocycles. The quantitative estimate of drug-likeness (QED) is 0.857. The van der Waals surface area contributed by atoms with Crippen molar-refractivity contribution in [3.63, 3.8) is 0 Å². The molecule has 0 unspecified atom stereocenters. The second-order valence-electron chi connectivity index (χ2n) is 4.02. The summed E-state index contributed by atoms with van der Waals surface area (Å²) in [6.45, 7) is 1.61. The molecule has 1 N–H and O–H groups in total. The van der Waals surface area contributed by atoms with Crippen LogP contribution in [0.25, 0.3) is 0 Å². The van der Waals surface area contributed by atoms with Crippen molar-refractivity contribution in [2.24, 2.45) is 0 Å². The van der Waals surface area contributed by atoms with E-state index in [0.29, 0.717) is 0 Å². The van der Waals surface area contributed by atoms with Crippen molar-refractivity contribution in [2.45, 2.75) is 13.0 Å². The SMILES string of the molecule is Fc1ccc(CNCCc2ccncc2)c(Br)c1. The molecule has 0 spiro atoms. The first kappa shape index (κ1) is 13.2. The molecule has 2 aromatic rings. The molecule has 0 saturated carbocycles. The average molecular weight is 309 g/mol. The van der Waals surface area contributed by atoms with E-state index in [2.05, 4.69) is 26.2 Å². The van der Waals surface area contributed by atoms with Crippen molar-refractivity contribution in [1.29, 1.82) is 0 Å². The summed E-state index contributed by atoms with van der Waals surface area (Å²) in [4.78, 5) is 3.98. The minimum absolute atomic E-state index is 0.220. The zero-order valence-corrected chi connectivity index (χ0v) is 11.5. The molecule has 1 heterocycles. The maximum Gasteiger partial charge on any atom is 0.124 e. The van der Waals surface area contributed by atoms with E-state index in [9.17, 15) is 4.39 Å². The van der Waals surface area contributed by atoms with Gasteiger partial charge in [0.25, 0.3) is 0 Å². The molecule has 0 aliphatic heterocycles. The van der Waals surface area contributed by atoms with Gasteiger partial charge in [0.05, 0.1) is 0 Å². The first-order chi connectivity index (χ1) is 8.75. The Morgan fingerprint density at radius 3 is 2.67 bits per heavy atom. The van der Waals surface area contributed by atoms with Gasteiger partial charge in [0.2, 0.25) is 0 Å². The lowest BCUT2D eigenvalue weighted by atomic mass is 10.2. The van der Waals surface area contributed by atoms with Crippen LogP contribution in [0, 0.1) is 5.82 Å². The zero-order valence-electron chi connectivity index (χ0n) is 9.87. The van der Waals surface area contributed by atoms with Crippen molar-refractivity contribution in [3.8, 4) is 0 Å². The van der Waals surface area contributed by atoms with E-state index in [1.165, 1.54) is 17.7 Å². The van der Waals surface area contributed by atoms with E-state index in [4.69, 9.17) is 0 Å². The molecular weight excluding hydrogens is 295 g/mol. The molecule has 0 fully saturated rings. The van der Waals surface area contributed by atoms with E-state index in [0.717, 1.165) is 29.5 Å². The number of benzene rings is 1. The van der Waals surface area contributed by atoms with Gasteiger partial charge >= 0.3 is 0 Å². The van der Waals surface area contributed by atoms with Crippen LogP contribution >= 0.6 is 15.9 Å². The van der Waals surface area contributed by atoms with Crippen LogP contribution in [0.15, 0.2) is 47.2 Å². The van der Waals surface area contributed by atoms with Gasteiger partial charge in [-0.1, -0.05) is 22.0 Å². The summed E-state index contributed by atoms with van der Waals surface area (Å²) in [6, 6.07) is 8.77. The number of aromatic nitrogens is 1. The highest BCUT2D eigenvalue weighted by Gasteiger charge is 2.01. The first-order valence-electron chi connectivity index (χ1n) is 5.79. The largest absolute Gasteiger partial charge is 0.312 e. The minimum Gasteiger partial charge on any atom is -0.312 e. The van der Waals surface area contributed by atoms with E-state index in [1.807, 2.05) is 12.1 Å². The zero-order chi connectivity index (χ0) is 12.8. The minimum atomic E-state index is -0.220. The highest BCUT2D eigenvalue weighted by Crippen LogP contribution is 2.17. The van der Waals surface area contributed by atoms with Gasteiger partial charge in [0, 0.05) is 23.4 Å². The predicted molar refractivity (Wildman–Crippen MR) is 73.7 cm³/mol. The Labute approximate surface area is 114 Å². The van der Waals surface area contributed by atoms with Crippen LogP contribution in [0.4, 0.5) is 4.39 Å². The number of hydrogen-bond acceptors (Lipinski definition) is 2. The molecule has 0 bridgehead atoms. The molecule has 0 saturated heterocycles. The maximum absolute atomic E-state index is 12.9. The highest BCUT2D eigenvalue weighted by atomic mass is 79.9. The number of pyridine rings is 1. The van der Waals surface area contributed by atoms with E-state index in [-0.39, 0.29) is 5.82 Å². The molecule has 0 radical (unpaired) electrons. The lowest BCUT2D eigenvalue weighted by Gasteiger charge is -2.07. The molecule has 94 valence electrons. The lowest BCUT2D eigenvalue weighted by molar-refractivity contribution is 0.623. The van der Waals surface area contributed by atoms with Gasteiger partial charge in [-0.2, -0.15) is 0 Å². The fourth-order valence-electron chi connectivity index (χ4n) is 1.67. The standard InChI is InChI=1S/C14H14BrFN2/c15-14-9-13(16)2-1-12(14)10-18-8-5-11-3-6-17-7-4-11/h1-4,6-7,9,18H,5,8,10H2. The second-order valence-corrected chi connectivity index (χ2v) is 4.87. The summed E-state index contributed by atoms with van der Waals surface area (Å²) >= 11 is 3.36. The monoisotopic (exact) mass is 308 g/mol. The number of nitrogens with one attached hydrogen (secondary N) is 1. The third-order valence-electron chi connectivity index (χ3n) is 2.67. The maximum atomic E-state index is 12.9. The van der Waals surface area contributed by atoms with Crippen LogP contribution in [-0.4, -0.2) is 11.5 Å². The fourth-order valence-corrected chi connectivity index (χ4v) is 2.16. The van der Waals surface area contributed by atoms with Gasteiger partial charge in [0.1, 0.15) is 5.82 Å². The molecule has 0 amide bonds. The summed E-state index contributed by atoms with van der Waals surface area (Å²) in [7, 11) is 0. The van der Waals surface area contributed by atoms with Crippen molar-refractivity contribution in [2.75, 3.05) is 6.54 Å². The lowest BCUT2D eigenvalue weighted by Crippen LogP contribution is -2.17. The third kappa shape index (κ3) is 3.89. The Morgan fingerprint density at radius 1 is 1.17 bits per heavy atom. The number of halogens is 2. The summed E-state index contributed by atoms with van der Waals surface area (Å²) in [6.07, 6.45) is 4.55. The number of rotatable bonds is 5. The first-order valence-corrected chi connectivity index (χ1v) is 6.58. The molecule has 4 heteroatoms. The average Bonchev–Trinajstić information content (AvgIpc) is 2.38. The van der Waals surface area contributed by atoms with Crippen LogP contribution in [0.1, 0.15) is 11.1 Å². The summed E-state index contributed by atoms with van der Waals surface area (Å²) < 4.78 is 13.7. The third-order valence-corrected chi connectivity index (χ3v) is 3.41. The number of nitrogens with zero attached hydrogens (tertiary/aromatic N) is 1. The number of hydrogen-bond donors (Lipinski definition) is 1. The van der Waals surface area contributed by atoms with E-state index >= 15 is 0 Å². The molecule has 0 atom stereocenters. The molecule has 0 aliphatic rings. The molecular formula is C14H14BrFN2. The van der Waals surface area contributed by atoms with Crippen molar-refractivity contribution < 1.29 is 4.39 Å². The Morgan fingerprint density at radius 2 is 1.94 bits per heavy atom. The van der Waals surface area contributed by atoms with Crippen LogP contribution < -0.4 is 5.32 Å². The Kier molecular flexibility index (Phi) is 4.84.